The van der Waals surface area contributed by atoms with Gasteiger partial charge < -0.3 is 14.1 Å². The van der Waals surface area contributed by atoms with Gasteiger partial charge in [-0.05, 0) is 43.5 Å². The highest BCUT2D eigenvalue weighted by molar-refractivity contribution is 5.77. The molecular weight excluding hydrogens is 308 g/mol. The third-order valence-electron chi connectivity index (χ3n) is 4.14. The molecule has 0 aliphatic heterocycles. The highest BCUT2D eigenvalue weighted by Gasteiger charge is 2.14. The Morgan fingerprint density at radius 1 is 1.25 bits per heavy atom. The van der Waals surface area contributed by atoms with Gasteiger partial charge in [-0.3, -0.25) is 0 Å². The Hall–Kier alpha value is -2.41. The molecule has 0 spiro atoms. The van der Waals surface area contributed by atoms with Crippen LogP contribution in [0.3, 0.4) is 0 Å². The molecule has 0 saturated carbocycles. The van der Waals surface area contributed by atoms with Gasteiger partial charge in [-0.2, -0.15) is 4.68 Å². The lowest BCUT2D eigenvalue weighted by Gasteiger charge is -2.11. The average Bonchev–Trinajstić information content (AvgIpc) is 3.05. The summed E-state index contributed by atoms with van der Waals surface area (Å²) in [5.41, 5.74) is 4.23. The van der Waals surface area contributed by atoms with Gasteiger partial charge in [0.2, 0.25) is 5.89 Å². The molecular formula is C17H22N4O3. The molecule has 1 unspecified atom stereocenters. The predicted molar refractivity (Wildman–Crippen MR) is 90.0 cm³/mol. The predicted octanol–water partition coefficient (Wildman–Crippen LogP) is 1.82. The molecule has 0 saturated heterocycles. The number of rotatable bonds is 6. The molecule has 128 valence electrons. The molecule has 7 nitrogen and oxygen atoms in total. The standard InChI is InChI=1S/C17H22N4O3/c1-4-5-16-19-21(17(23)24-16)9-13(22)8-20-10-18-14-6-11(2)12(3)7-15(14)20/h6-7,10,13,22H,4-5,8-9H2,1-3H3. The number of aryl methyl sites for hydroxylation is 3. The van der Waals surface area contributed by atoms with E-state index >= 15 is 0 Å². The summed E-state index contributed by atoms with van der Waals surface area (Å²) in [6, 6.07) is 4.10. The molecule has 0 aliphatic carbocycles. The largest absolute Gasteiger partial charge is 0.437 e. The second-order valence-electron chi connectivity index (χ2n) is 6.17. The number of hydrogen-bond acceptors (Lipinski definition) is 5. The van der Waals surface area contributed by atoms with E-state index in [4.69, 9.17) is 4.42 Å². The first-order valence-corrected chi connectivity index (χ1v) is 8.15. The van der Waals surface area contributed by atoms with Crippen molar-refractivity contribution >= 4 is 11.0 Å². The zero-order valence-corrected chi connectivity index (χ0v) is 14.2. The summed E-state index contributed by atoms with van der Waals surface area (Å²) in [6.07, 6.45) is 2.41. The normalized spacial score (nSPS) is 12.8. The zero-order chi connectivity index (χ0) is 17.3. The van der Waals surface area contributed by atoms with E-state index in [1.54, 1.807) is 6.33 Å². The molecule has 0 bridgehead atoms. The van der Waals surface area contributed by atoms with E-state index in [2.05, 4.69) is 16.1 Å². The minimum Gasteiger partial charge on any atom is -0.392 e. The molecule has 3 aromatic rings. The summed E-state index contributed by atoms with van der Waals surface area (Å²) in [4.78, 5) is 16.1. The van der Waals surface area contributed by atoms with Gasteiger partial charge in [0.25, 0.3) is 0 Å². The van der Waals surface area contributed by atoms with Gasteiger partial charge in [-0.1, -0.05) is 6.92 Å². The quantitative estimate of drug-likeness (QED) is 0.745. The summed E-state index contributed by atoms with van der Waals surface area (Å²) >= 11 is 0. The fraction of sp³-hybridized carbons (Fsp3) is 0.471. The summed E-state index contributed by atoms with van der Waals surface area (Å²) < 4.78 is 8.13. The van der Waals surface area contributed by atoms with Gasteiger partial charge in [0.05, 0.1) is 36.6 Å². The summed E-state index contributed by atoms with van der Waals surface area (Å²) in [5, 5.41) is 14.4. The van der Waals surface area contributed by atoms with E-state index in [9.17, 15) is 9.90 Å². The Labute approximate surface area is 139 Å². The van der Waals surface area contributed by atoms with Gasteiger partial charge in [0.15, 0.2) is 0 Å². The van der Waals surface area contributed by atoms with Crippen molar-refractivity contribution in [3.8, 4) is 0 Å². The smallest absolute Gasteiger partial charge is 0.392 e. The van der Waals surface area contributed by atoms with E-state index < -0.39 is 11.9 Å². The maximum Gasteiger partial charge on any atom is 0.437 e. The molecule has 2 aromatic heterocycles. The molecule has 0 aliphatic rings. The first-order valence-electron chi connectivity index (χ1n) is 8.15. The molecule has 7 heteroatoms. The van der Waals surface area contributed by atoms with Crippen LogP contribution in [0.5, 0.6) is 0 Å². The van der Waals surface area contributed by atoms with Crippen LogP contribution >= 0.6 is 0 Å². The lowest BCUT2D eigenvalue weighted by atomic mass is 10.1. The van der Waals surface area contributed by atoms with Crippen molar-refractivity contribution in [2.45, 2.75) is 52.8 Å². The topological polar surface area (TPSA) is 86.1 Å². The first-order chi connectivity index (χ1) is 11.5. The van der Waals surface area contributed by atoms with Crippen molar-refractivity contribution in [3.05, 3.63) is 46.0 Å². The van der Waals surface area contributed by atoms with Crippen molar-refractivity contribution in [1.82, 2.24) is 19.3 Å². The minimum atomic E-state index is -0.763. The molecule has 1 N–H and O–H groups in total. The number of aliphatic hydroxyl groups excluding tert-OH is 1. The van der Waals surface area contributed by atoms with Crippen LogP contribution < -0.4 is 5.76 Å². The Morgan fingerprint density at radius 2 is 2.00 bits per heavy atom. The Bertz CT molecular complexity index is 906. The molecule has 2 heterocycles. The third-order valence-corrected chi connectivity index (χ3v) is 4.14. The number of fused-ring (bicyclic) bond motifs is 1. The van der Waals surface area contributed by atoms with Gasteiger partial charge in [-0.25, -0.2) is 9.78 Å². The van der Waals surface area contributed by atoms with Gasteiger partial charge in [0, 0.05) is 6.42 Å². The number of benzene rings is 1. The molecule has 1 aromatic carbocycles. The summed E-state index contributed by atoms with van der Waals surface area (Å²) in [5.74, 6) is -0.117. The minimum absolute atomic E-state index is 0.0938. The highest BCUT2D eigenvalue weighted by Crippen LogP contribution is 2.18. The first kappa shape index (κ1) is 16.4. The number of aliphatic hydroxyl groups is 1. The molecule has 24 heavy (non-hydrogen) atoms. The number of aromatic nitrogens is 4. The fourth-order valence-electron chi connectivity index (χ4n) is 2.72. The van der Waals surface area contributed by atoms with Crippen LogP contribution in [0, 0.1) is 13.8 Å². The maximum atomic E-state index is 11.8. The molecule has 0 fully saturated rings. The lowest BCUT2D eigenvalue weighted by Crippen LogP contribution is -2.27. The molecule has 0 radical (unpaired) electrons. The molecule has 1 atom stereocenters. The fourth-order valence-corrected chi connectivity index (χ4v) is 2.72. The second kappa shape index (κ2) is 6.60. The monoisotopic (exact) mass is 330 g/mol. The van der Waals surface area contributed by atoms with E-state index in [1.165, 1.54) is 15.8 Å². The van der Waals surface area contributed by atoms with Crippen LogP contribution in [0.2, 0.25) is 0 Å². The lowest BCUT2D eigenvalue weighted by molar-refractivity contribution is 0.128. The van der Waals surface area contributed by atoms with Gasteiger partial charge in [-0.15, -0.1) is 5.10 Å². The van der Waals surface area contributed by atoms with E-state index in [1.807, 2.05) is 31.4 Å². The SMILES string of the molecule is CCCc1nn(CC(O)Cn2cnc3cc(C)c(C)cc32)c(=O)o1. The molecule has 3 rings (SSSR count). The third kappa shape index (κ3) is 3.26. The van der Waals surface area contributed by atoms with E-state index in [0.29, 0.717) is 18.9 Å². The van der Waals surface area contributed by atoms with Crippen LogP contribution in [0.4, 0.5) is 0 Å². The van der Waals surface area contributed by atoms with Crippen molar-refractivity contribution < 1.29 is 9.52 Å². The highest BCUT2D eigenvalue weighted by atomic mass is 16.4. The number of hydrogen-bond donors (Lipinski definition) is 1. The van der Waals surface area contributed by atoms with Crippen molar-refractivity contribution in [3.63, 3.8) is 0 Å². The van der Waals surface area contributed by atoms with Crippen molar-refractivity contribution in [2.75, 3.05) is 0 Å². The van der Waals surface area contributed by atoms with Crippen LogP contribution in [0.15, 0.2) is 27.7 Å². The van der Waals surface area contributed by atoms with Crippen LogP contribution in [0.1, 0.15) is 30.4 Å². The second-order valence-corrected chi connectivity index (χ2v) is 6.17. The van der Waals surface area contributed by atoms with Crippen LogP contribution in [-0.2, 0) is 19.5 Å². The number of nitrogens with zero attached hydrogens (tertiary/aromatic N) is 4. The van der Waals surface area contributed by atoms with E-state index in [0.717, 1.165) is 17.5 Å². The van der Waals surface area contributed by atoms with Crippen LogP contribution in [0.25, 0.3) is 11.0 Å². The number of imidazole rings is 1. The Balaban J connectivity index is 1.76. The average molecular weight is 330 g/mol. The maximum absolute atomic E-state index is 11.8. The summed E-state index contributed by atoms with van der Waals surface area (Å²) in [7, 11) is 0. The van der Waals surface area contributed by atoms with Gasteiger partial charge in [0.1, 0.15) is 0 Å². The Kier molecular flexibility index (Phi) is 4.53. The summed E-state index contributed by atoms with van der Waals surface area (Å²) in [6.45, 7) is 6.51. The zero-order valence-electron chi connectivity index (χ0n) is 14.2. The Morgan fingerprint density at radius 3 is 2.75 bits per heavy atom. The van der Waals surface area contributed by atoms with Crippen molar-refractivity contribution in [1.29, 1.82) is 0 Å². The van der Waals surface area contributed by atoms with E-state index in [-0.39, 0.29) is 6.54 Å². The van der Waals surface area contributed by atoms with Crippen LogP contribution in [-0.4, -0.2) is 30.5 Å². The van der Waals surface area contributed by atoms with Gasteiger partial charge >= 0.3 is 5.76 Å². The molecule has 0 amide bonds. The van der Waals surface area contributed by atoms with Crippen molar-refractivity contribution in [2.24, 2.45) is 0 Å².